The molecule has 3 heterocycles. The highest BCUT2D eigenvalue weighted by molar-refractivity contribution is 5.84. The van der Waals surface area contributed by atoms with Gasteiger partial charge >= 0.3 is 0 Å². The van der Waals surface area contributed by atoms with Gasteiger partial charge in [-0.25, -0.2) is 15.0 Å². The number of piperidine rings is 1. The molecule has 0 aliphatic carbocycles. The molecule has 18 heavy (non-hydrogen) atoms. The second-order valence-corrected chi connectivity index (χ2v) is 4.72. The van der Waals surface area contributed by atoms with E-state index in [0.29, 0.717) is 5.92 Å². The largest absolute Gasteiger partial charge is 0.370 e. The van der Waals surface area contributed by atoms with Gasteiger partial charge in [-0.1, -0.05) is 0 Å². The number of anilines is 1. The van der Waals surface area contributed by atoms with Crippen molar-refractivity contribution in [3.8, 4) is 0 Å². The highest BCUT2D eigenvalue weighted by Gasteiger charge is 2.20. The van der Waals surface area contributed by atoms with Crippen molar-refractivity contribution in [2.45, 2.75) is 12.8 Å². The summed E-state index contributed by atoms with van der Waals surface area (Å²) in [5.41, 5.74) is 8.48. The Labute approximate surface area is 106 Å². The molecule has 2 aromatic rings. The van der Waals surface area contributed by atoms with Gasteiger partial charge in [-0.05, 0) is 31.4 Å². The molecule has 1 fully saturated rings. The number of rotatable bonds is 2. The van der Waals surface area contributed by atoms with Crippen LogP contribution in [0.3, 0.4) is 0 Å². The van der Waals surface area contributed by atoms with Crippen molar-refractivity contribution >= 4 is 16.9 Å². The van der Waals surface area contributed by atoms with Gasteiger partial charge in [0.05, 0.1) is 5.69 Å². The third kappa shape index (κ3) is 2.01. The van der Waals surface area contributed by atoms with Crippen molar-refractivity contribution in [3.05, 3.63) is 24.7 Å². The van der Waals surface area contributed by atoms with Gasteiger partial charge in [0, 0.05) is 31.7 Å². The first kappa shape index (κ1) is 11.3. The van der Waals surface area contributed by atoms with Gasteiger partial charge in [0.25, 0.3) is 0 Å². The van der Waals surface area contributed by atoms with Crippen LogP contribution >= 0.6 is 0 Å². The molecule has 1 aliphatic heterocycles. The molecule has 0 amide bonds. The Morgan fingerprint density at radius 2 is 1.83 bits per heavy atom. The van der Waals surface area contributed by atoms with Crippen LogP contribution in [-0.2, 0) is 0 Å². The number of pyridine rings is 1. The molecule has 1 saturated heterocycles. The first-order valence-electron chi connectivity index (χ1n) is 6.39. The van der Waals surface area contributed by atoms with Crippen LogP contribution in [0, 0.1) is 5.92 Å². The van der Waals surface area contributed by atoms with Gasteiger partial charge in [0.1, 0.15) is 5.52 Å². The SMILES string of the molecule is NCC1CCN(c2ccnc3nccnc23)CC1. The monoisotopic (exact) mass is 243 g/mol. The van der Waals surface area contributed by atoms with Gasteiger partial charge in [-0.2, -0.15) is 0 Å². The maximum atomic E-state index is 5.73. The summed E-state index contributed by atoms with van der Waals surface area (Å²) in [7, 11) is 0. The van der Waals surface area contributed by atoms with Crippen LogP contribution in [0.2, 0.25) is 0 Å². The van der Waals surface area contributed by atoms with E-state index in [1.54, 1.807) is 18.6 Å². The number of nitrogens with zero attached hydrogens (tertiary/aromatic N) is 4. The summed E-state index contributed by atoms with van der Waals surface area (Å²) in [6, 6.07) is 2.03. The molecular formula is C13H17N5. The van der Waals surface area contributed by atoms with Crippen LogP contribution in [0.4, 0.5) is 5.69 Å². The maximum absolute atomic E-state index is 5.73. The average Bonchev–Trinajstić information content (AvgIpc) is 2.47. The molecule has 5 nitrogen and oxygen atoms in total. The van der Waals surface area contributed by atoms with E-state index >= 15 is 0 Å². The average molecular weight is 243 g/mol. The molecule has 0 atom stereocenters. The first-order valence-corrected chi connectivity index (χ1v) is 6.39. The predicted octanol–water partition coefficient (Wildman–Crippen LogP) is 1.20. The van der Waals surface area contributed by atoms with Crippen molar-refractivity contribution in [1.29, 1.82) is 0 Å². The lowest BCUT2D eigenvalue weighted by molar-refractivity contribution is 0.415. The summed E-state index contributed by atoms with van der Waals surface area (Å²) in [6.45, 7) is 2.87. The van der Waals surface area contributed by atoms with Crippen molar-refractivity contribution in [2.24, 2.45) is 11.7 Å². The van der Waals surface area contributed by atoms with E-state index in [1.165, 1.54) is 0 Å². The van der Waals surface area contributed by atoms with E-state index in [4.69, 9.17) is 5.73 Å². The summed E-state index contributed by atoms with van der Waals surface area (Å²) >= 11 is 0. The Balaban J connectivity index is 1.91. The quantitative estimate of drug-likeness (QED) is 0.858. The number of aromatic nitrogens is 3. The Morgan fingerprint density at radius 3 is 2.61 bits per heavy atom. The van der Waals surface area contributed by atoms with Crippen LogP contribution in [-0.4, -0.2) is 34.6 Å². The summed E-state index contributed by atoms with van der Waals surface area (Å²) in [4.78, 5) is 15.3. The number of hydrogen-bond donors (Lipinski definition) is 1. The zero-order valence-electron chi connectivity index (χ0n) is 10.3. The zero-order chi connectivity index (χ0) is 12.4. The Morgan fingerprint density at radius 1 is 1.11 bits per heavy atom. The summed E-state index contributed by atoms with van der Waals surface area (Å²) in [5.74, 6) is 0.667. The third-order valence-corrected chi connectivity index (χ3v) is 3.64. The highest BCUT2D eigenvalue weighted by Crippen LogP contribution is 2.26. The van der Waals surface area contributed by atoms with E-state index in [1.807, 2.05) is 6.07 Å². The lowest BCUT2D eigenvalue weighted by atomic mass is 9.97. The van der Waals surface area contributed by atoms with Gasteiger partial charge in [0.2, 0.25) is 0 Å². The Kier molecular flexibility index (Phi) is 3.06. The van der Waals surface area contributed by atoms with Crippen molar-refractivity contribution < 1.29 is 0 Å². The van der Waals surface area contributed by atoms with Gasteiger partial charge in [-0.3, -0.25) is 0 Å². The smallest absolute Gasteiger partial charge is 0.180 e. The number of nitrogens with two attached hydrogens (primary N) is 1. The molecule has 0 radical (unpaired) electrons. The van der Waals surface area contributed by atoms with E-state index in [0.717, 1.165) is 49.3 Å². The van der Waals surface area contributed by atoms with Gasteiger partial charge in [-0.15, -0.1) is 0 Å². The second-order valence-electron chi connectivity index (χ2n) is 4.72. The molecule has 3 rings (SSSR count). The molecule has 5 heteroatoms. The highest BCUT2D eigenvalue weighted by atomic mass is 15.1. The van der Waals surface area contributed by atoms with E-state index < -0.39 is 0 Å². The maximum Gasteiger partial charge on any atom is 0.180 e. The molecule has 0 saturated carbocycles. The Bertz CT molecular complexity index is 528. The van der Waals surface area contributed by atoms with E-state index in [-0.39, 0.29) is 0 Å². The first-order chi connectivity index (χ1) is 8.88. The molecule has 2 aromatic heterocycles. The van der Waals surface area contributed by atoms with Crippen LogP contribution in [0.1, 0.15) is 12.8 Å². The third-order valence-electron chi connectivity index (χ3n) is 3.64. The minimum Gasteiger partial charge on any atom is -0.370 e. The lowest BCUT2D eigenvalue weighted by Gasteiger charge is -2.33. The van der Waals surface area contributed by atoms with Crippen LogP contribution < -0.4 is 10.6 Å². The van der Waals surface area contributed by atoms with Crippen LogP contribution in [0.25, 0.3) is 11.2 Å². The second kappa shape index (κ2) is 4.86. The normalized spacial score (nSPS) is 17.3. The topological polar surface area (TPSA) is 67.9 Å². The summed E-state index contributed by atoms with van der Waals surface area (Å²) < 4.78 is 0. The number of hydrogen-bond acceptors (Lipinski definition) is 5. The number of fused-ring (bicyclic) bond motifs is 1. The van der Waals surface area contributed by atoms with Gasteiger partial charge < -0.3 is 10.6 Å². The fourth-order valence-electron chi connectivity index (χ4n) is 2.53. The van der Waals surface area contributed by atoms with Crippen LogP contribution in [0.15, 0.2) is 24.7 Å². The molecule has 0 aromatic carbocycles. The molecule has 0 spiro atoms. The molecule has 1 aliphatic rings. The molecule has 94 valence electrons. The summed E-state index contributed by atoms with van der Waals surface area (Å²) in [6.07, 6.45) is 7.52. The minimum absolute atomic E-state index is 0.667. The molecule has 0 bridgehead atoms. The van der Waals surface area contributed by atoms with Gasteiger partial charge in [0.15, 0.2) is 5.65 Å². The minimum atomic E-state index is 0.667. The van der Waals surface area contributed by atoms with Crippen molar-refractivity contribution in [1.82, 2.24) is 15.0 Å². The molecular weight excluding hydrogens is 226 g/mol. The van der Waals surface area contributed by atoms with Crippen LogP contribution in [0.5, 0.6) is 0 Å². The zero-order valence-corrected chi connectivity index (χ0v) is 10.3. The van der Waals surface area contributed by atoms with E-state index in [2.05, 4.69) is 19.9 Å². The fraction of sp³-hybridized carbons (Fsp3) is 0.462. The predicted molar refractivity (Wildman–Crippen MR) is 71.3 cm³/mol. The standard InChI is InChI=1S/C13H17N5/c14-9-10-2-7-18(8-3-10)11-1-4-16-13-12(11)15-5-6-17-13/h1,4-6,10H,2-3,7-9,14H2. The molecule has 0 unspecified atom stereocenters. The Hall–Kier alpha value is -1.75. The van der Waals surface area contributed by atoms with Crippen molar-refractivity contribution in [3.63, 3.8) is 0 Å². The fourth-order valence-corrected chi connectivity index (χ4v) is 2.53. The van der Waals surface area contributed by atoms with E-state index in [9.17, 15) is 0 Å². The lowest BCUT2D eigenvalue weighted by Crippen LogP contribution is -2.36. The molecule has 2 N–H and O–H groups in total. The summed E-state index contributed by atoms with van der Waals surface area (Å²) in [5, 5.41) is 0. The van der Waals surface area contributed by atoms with Crippen molar-refractivity contribution in [2.75, 3.05) is 24.5 Å².